The summed E-state index contributed by atoms with van der Waals surface area (Å²) in [4.78, 5) is 29.9. The Morgan fingerprint density at radius 3 is 1.11 bits per heavy atom. The lowest BCUT2D eigenvalue weighted by Gasteiger charge is -2.11. The Balaban J connectivity index is 1.10. The van der Waals surface area contributed by atoms with E-state index in [1.165, 1.54) is 0 Å². The molecule has 0 aliphatic carbocycles. The molecule has 0 N–H and O–H groups in total. The first-order chi connectivity index (χ1) is 27.2. The number of hydrogen-bond acceptors (Lipinski definition) is 7. The van der Waals surface area contributed by atoms with Gasteiger partial charge in [-0.3, -0.25) is 0 Å². The van der Waals surface area contributed by atoms with E-state index in [-0.39, 0.29) is 0 Å². The van der Waals surface area contributed by atoms with Crippen molar-refractivity contribution in [1.82, 2.24) is 29.9 Å². The molecule has 7 nitrogen and oxygen atoms in total. The lowest BCUT2D eigenvalue weighted by Crippen LogP contribution is -2.02. The summed E-state index contributed by atoms with van der Waals surface area (Å²) in [5.41, 5.74) is 8.92. The summed E-state index contributed by atoms with van der Waals surface area (Å²) in [6.45, 7) is 0. The number of para-hydroxylation sites is 2. The maximum atomic E-state index is 6.39. The van der Waals surface area contributed by atoms with Gasteiger partial charge in [-0.25, -0.2) is 29.9 Å². The van der Waals surface area contributed by atoms with Gasteiger partial charge in [0.15, 0.2) is 34.9 Å². The molecule has 10 aromatic rings. The molecule has 55 heavy (non-hydrogen) atoms. The molecule has 3 heterocycles. The SMILES string of the molecule is c1ccc(-c2nc(-c3ccccc3)nc(-c3cccc(-c4nc(-c5ccccc5)nc(-c5cccc(-c6cccc7c6oc6ccccc67)c5)n4)c3)n2)cc1. The molecule has 7 heteroatoms. The number of hydrogen-bond donors (Lipinski definition) is 0. The van der Waals surface area contributed by atoms with Gasteiger partial charge in [-0.2, -0.15) is 0 Å². The van der Waals surface area contributed by atoms with Crippen molar-refractivity contribution in [2.75, 3.05) is 0 Å². The van der Waals surface area contributed by atoms with E-state index < -0.39 is 0 Å². The Bertz CT molecular complexity index is 2920. The van der Waals surface area contributed by atoms with Gasteiger partial charge in [0.2, 0.25) is 0 Å². The lowest BCUT2D eigenvalue weighted by molar-refractivity contribution is 0.670. The third kappa shape index (κ3) is 6.19. The van der Waals surface area contributed by atoms with E-state index >= 15 is 0 Å². The molecule has 0 saturated heterocycles. The Kier molecular flexibility index (Phi) is 8.00. The van der Waals surface area contributed by atoms with Crippen molar-refractivity contribution in [2.45, 2.75) is 0 Å². The highest BCUT2D eigenvalue weighted by atomic mass is 16.3. The van der Waals surface area contributed by atoms with Crippen LogP contribution in [0.5, 0.6) is 0 Å². The van der Waals surface area contributed by atoms with Gasteiger partial charge in [0.05, 0.1) is 0 Å². The summed E-state index contributed by atoms with van der Waals surface area (Å²) in [6, 6.07) is 60.7. The van der Waals surface area contributed by atoms with E-state index in [0.717, 1.165) is 66.4 Å². The highest BCUT2D eigenvalue weighted by Crippen LogP contribution is 2.37. The summed E-state index contributed by atoms with van der Waals surface area (Å²) < 4.78 is 6.39. The molecule has 0 spiro atoms. The van der Waals surface area contributed by atoms with E-state index in [1.54, 1.807) is 0 Å². The van der Waals surface area contributed by atoms with Gasteiger partial charge >= 0.3 is 0 Å². The van der Waals surface area contributed by atoms with E-state index in [9.17, 15) is 0 Å². The number of nitrogens with zero attached hydrogens (tertiary/aromatic N) is 6. The van der Waals surface area contributed by atoms with Gasteiger partial charge < -0.3 is 4.42 Å². The zero-order valence-corrected chi connectivity index (χ0v) is 29.4. The van der Waals surface area contributed by atoms with E-state index in [1.807, 2.05) is 146 Å². The van der Waals surface area contributed by atoms with Gasteiger partial charge in [0.25, 0.3) is 0 Å². The minimum atomic E-state index is 0.538. The van der Waals surface area contributed by atoms with Crippen LogP contribution in [0.4, 0.5) is 0 Å². The summed E-state index contributed by atoms with van der Waals surface area (Å²) >= 11 is 0. The Labute approximate surface area is 316 Å². The largest absolute Gasteiger partial charge is 0.455 e. The fraction of sp³-hybridized carbons (Fsp3) is 0. The van der Waals surface area contributed by atoms with Crippen LogP contribution in [0.2, 0.25) is 0 Å². The second-order valence-corrected chi connectivity index (χ2v) is 13.2. The molecule has 3 aromatic heterocycles. The zero-order chi connectivity index (χ0) is 36.6. The topological polar surface area (TPSA) is 90.5 Å². The summed E-state index contributed by atoms with van der Waals surface area (Å²) in [7, 11) is 0. The minimum absolute atomic E-state index is 0.538. The highest BCUT2D eigenvalue weighted by Gasteiger charge is 2.17. The van der Waals surface area contributed by atoms with Crippen molar-refractivity contribution < 1.29 is 4.42 Å². The minimum Gasteiger partial charge on any atom is -0.455 e. The molecule has 0 unspecified atom stereocenters. The van der Waals surface area contributed by atoms with Crippen molar-refractivity contribution in [3.05, 3.63) is 182 Å². The van der Waals surface area contributed by atoms with Crippen LogP contribution in [-0.2, 0) is 0 Å². The van der Waals surface area contributed by atoms with E-state index in [4.69, 9.17) is 34.3 Å². The van der Waals surface area contributed by atoms with Crippen LogP contribution in [-0.4, -0.2) is 29.9 Å². The van der Waals surface area contributed by atoms with Crippen LogP contribution in [0.15, 0.2) is 186 Å². The third-order valence-electron chi connectivity index (χ3n) is 9.58. The smallest absolute Gasteiger partial charge is 0.164 e. The van der Waals surface area contributed by atoms with Crippen LogP contribution >= 0.6 is 0 Å². The second-order valence-electron chi connectivity index (χ2n) is 13.2. The molecule has 0 saturated carbocycles. The monoisotopic (exact) mass is 706 g/mol. The maximum Gasteiger partial charge on any atom is 0.164 e. The first-order valence-electron chi connectivity index (χ1n) is 18.0. The molecular formula is C48H30N6O. The molecule has 0 bridgehead atoms. The summed E-state index contributed by atoms with van der Waals surface area (Å²) in [5, 5.41) is 2.18. The summed E-state index contributed by atoms with van der Waals surface area (Å²) in [5.74, 6) is 3.43. The van der Waals surface area contributed by atoms with Crippen molar-refractivity contribution in [2.24, 2.45) is 0 Å². The van der Waals surface area contributed by atoms with Crippen LogP contribution in [0, 0.1) is 0 Å². The number of aromatic nitrogens is 6. The first-order valence-corrected chi connectivity index (χ1v) is 18.0. The molecule has 258 valence electrons. The molecular weight excluding hydrogens is 677 g/mol. The standard InChI is InChI=1S/C48H30N6O/c1-4-15-31(16-5-1)43-49-44(32-17-6-2-7-18-32)51-47(50-43)36-23-13-24-37(30-36)48-53-45(33-19-8-3-9-20-33)52-46(54-48)35-22-12-21-34(29-35)38-26-14-27-40-39-25-10-11-28-41(39)55-42(38)40/h1-30H. The van der Waals surface area contributed by atoms with E-state index in [0.29, 0.717) is 34.9 Å². The molecule has 0 radical (unpaired) electrons. The maximum absolute atomic E-state index is 6.39. The van der Waals surface area contributed by atoms with Gasteiger partial charge in [0, 0.05) is 49.7 Å². The van der Waals surface area contributed by atoms with Crippen molar-refractivity contribution in [3.63, 3.8) is 0 Å². The number of rotatable bonds is 7. The quantitative estimate of drug-likeness (QED) is 0.163. The third-order valence-corrected chi connectivity index (χ3v) is 9.58. The molecule has 0 atom stereocenters. The van der Waals surface area contributed by atoms with Crippen molar-refractivity contribution in [3.8, 4) is 79.5 Å². The highest BCUT2D eigenvalue weighted by molar-refractivity contribution is 6.09. The normalized spacial score (nSPS) is 11.3. The summed E-state index contributed by atoms with van der Waals surface area (Å²) in [6.07, 6.45) is 0. The fourth-order valence-corrected chi connectivity index (χ4v) is 6.89. The number of furan rings is 1. The molecule has 0 aliphatic rings. The van der Waals surface area contributed by atoms with Crippen LogP contribution in [0.1, 0.15) is 0 Å². The molecule has 7 aromatic carbocycles. The lowest BCUT2D eigenvalue weighted by atomic mass is 10.00. The van der Waals surface area contributed by atoms with Crippen molar-refractivity contribution in [1.29, 1.82) is 0 Å². The van der Waals surface area contributed by atoms with Crippen molar-refractivity contribution >= 4 is 21.9 Å². The van der Waals surface area contributed by atoms with Gasteiger partial charge in [-0.05, 0) is 23.8 Å². The predicted molar refractivity (Wildman–Crippen MR) is 219 cm³/mol. The number of benzene rings is 7. The Morgan fingerprint density at radius 2 is 0.618 bits per heavy atom. The zero-order valence-electron chi connectivity index (χ0n) is 29.4. The second kappa shape index (κ2) is 13.7. The van der Waals surface area contributed by atoms with E-state index in [2.05, 4.69) is 36.4 Å². The first kappa shape index (κ1) is 32.0. The average Bonchev–Trinajstić information content (AvgIpc) is 3.66. The van der Waals surface area contributed by atoms with Gasteiger partial charge in [-0.15, -0.1) is 0 Å². The molecule has 10 rings (SSSR count). The molecule has 0 fully saturated rings. The molecule has 0 aliphatic heterocycles. The van der Waals surface area contributed by atoms with Crippen LogP contribution in [0.3, 0.4) is 0 Å². The Hall–Kier alpha value is -7.64. The average molecular weight is 707 g/mol. The number of fused-ring (bicyclic) bond motifs is 3. The van der Waals surface area contributed by atoms with Crippen LogP contribution in [0.25, 0.3) is 101 Å². The molecule has 0 amide bonds. The predicted octanol–water partition coefficient (Wildman–Crippen LogP) is 11.6. The van der Waals surface area contributed by atoms with Gasteiger partial charge in [0.1, 0.15) is 11.2 Å². The fourth-order valence-electron chi connectivity index (χ4n) is 6.89. The van der Waals surface area contributed by atoms with Gasteiger partial charge in [-0.1, -0.05) is 164 Å². The van der Waals surface area contributed by atoms with Crippen LogP contribution < -0.4 is 0 Å². The Morgan fingerprint density at radius 1 is 0.273 bits per heavy atom.